The third kappa shape index (κ3) is 5.34. The van der Waals surface area contributed by atoms with Crippen LogP contribution in [0.4, 0.5) is 23.7 Å². The topological polar surface area (TPSA) is 75.4 Å². The number of benzene rings is 1. The second-order valence-corrected chi connectivity index (χ2v) is 6.30. The molecular weight excluding hydrogens is 331 g/mol. The van der Waals surface area contributed by atoms with Gasteiger partial charge in [-0.3, -0.25) is 4.79 Å². The van der Waals surface area contributed by atoms with Crippen molar-refractivity contribution in [3.05, 3.63) is 24.3 Å². The van der Waals surface area contributed by atoms with Crippen molar-refractivity contribution in [3.63, 3.8) is 0 Å². The highest BCUT2D eigenvalue weighted by atomic mass is 32.2. The van der Waals surface area contributed by atoms with Crippen LogP contribution in [0.5, 0.6) is 0 Å². The molecule has 1 heterocycles. The smallest absolute Gasteiger partial charge is 0.369 e. The fourth-order valence-electron chi connectivity index (χ4n) is 2.31. The summed E-state index contributed by atoms with van der Waals surface area (Å²) in [7, 11) is 0. The number of anilines is 1. The monoisotopic (exact) mass is 347 g/mol. The summed E-state index contributed by atoms with van der Waals surface area (Å²) in [6.45, 7) is 0.836. The maximum absolute atomic E-state index is 12.2. The molecule has 1 fully saturated rings. The summed E-state index contributed by atoms with van der Waals surface area (Å²) >= 11 is -0.208. The highest BCUT2D eigenvalue weighted by Gasteiger charge is 2.29. The summed E-state index contributed by atoms with van der Waals surface area (Å²) in [5.41, 5.74) is 1.31. The number of halogens is 3. The Morgan fingerprint density at radius 3 is 2.22 bits per heavy atom. The van der Waals surface area contributed by atoms with Crippen molar-refractivity contribution >= 4 is 29.4 Å². The van der Waals surface area contributed by atoms with Crippen LogP contribution in [0.3, 0.4) is 0 Å². The molecule has 1 aromatic carbocycles. The van der Waals surface area contributed by atoms with Crippen molar-refractivity contribution in [2.75, 3.05) is 18.4 Å². The van der Waals surface area contributed by atoms with Gasteiger partial charge in [0.1, 0.15) is 0 Å². The van der Waals surface area contributed by atoms with Gasteiger partial charge in [0.25, 0.3) is 0 Å². The molecule has 23 heavy (non-hydrogen) atoms. The number of nitrogens with two attached hydrogens (primary N) is 1. The molecule has 0 spiro atoms. The number of hydrogen-bond donors (Lipinski definition) is 2. The second kappa shape index (κ2) is 7.12. The van der Waals surface area contributed by atoms with Gasteiger partial charge in [-0.1, -0.05) is 0 Å². The first-order valence-corrected chi connectivity index (χ1v) is 7.77. The molecule has 1 saturated heterocycles. The summed E-state index contributed by atoms with van der Waals surface area (Å²) in [5.74, 6) is -0.569. The van der Waals surface area contributed by atoms with Gasteiger partial charge in [-0.2, -0.15) is 13.2 Å². The average Bonchev–Trinajstić information content (AvgIpc) is 2.48. The number of rotatable bonds is 3. The van der Waals surface area contributed by atoms with E-state index >= 15 is 0 Å². The molecule has 9 heteroatoms. The molecule has 0 bridgehead atoms. The van der Waals surface area contributed by atoms with Crippen LogP contribution in [0.2, 0.25) is 0 Å². The summed E-state index contributed by atoms with van der Waals surface area (Å²) in [6.07, 6.45) is 1.04. The molecule has 1 aromatic rings. The molecular formula is C14H16F3N3O2S. The first kappa shape index (κ1) is 17.5. The largest absolute Gasteiger partial charge is 0.446 e. The third-order valence-corrected chi connectivity index (χ3v) is 4.26. The Morgan fingerprint density at radius 2 is 1.74 bits per heavy atom. The van der Waals surface area contributed by atoms with Gasteiger partial charge in [0, 0.05) is 29.6 Å². The van der Waals surface area contributed by atoms with Crippen LogP contribution in [-0.2, 0) is 4.79 Å². The lowest BCUT2D eigenvalue weighted by molar-refractivity contribution is -0.122. The van der Waals surface area contributed by atoms with Crippen molar-refractivity contribution in [2.24, 2.45) is 11.7 Å². The zero-order valence-electron chi connectivity index (χ0n) is 12.1. The molecule has 3 amide bonds. The molecule has 0 saturated carbocycles. The summed E-state index contributed by atoms with van der Waals surface area (Å²) in [5, 5.41) is 2.63. The van der Waals surface area contributed by atoms with E-state index in [-0.39, 0.29) is 34.5 Å². The Kier molecular flexibility index (Phi) is 5.40. The van der Waals surface area contributed by atoms with Crippen LogP contribution in [0, 0.1) is 5.92 Å². The third-order valence-electron chi connectivity index (χ3n) is 3.52. The first-order chi connectivity index (χ1) is 10.7. The Morgan fingerprint density at radius 1 is 1.17 bits per heavy atom. The highest BCUT2D eigenvalue weighted by Crippen LogP contribution is 2.37. The Hall–Kier alpha value is -1.90. The molecule has 0 aromatic heterocycles. The minimum absolute atomic E-state index is 0.0535. The van der Waals surface area contributed by atoms with Gasteiger partial charge in [0.15, 0.2) is 0 Å². The molecule has 2 rings (SSSR count). The summed E-state index contributed by atoms with van der Waals surface area (Å²) < 4.78 is 36.7. The molecule has 0 atom stereocenters. The van der Waals surface area contributed by atoms with Crippen LogP contribution in [-0.4, -0.2) is 35.4 Å². The molecule has 5 nitrogen and oxygen atoms in total. The van der Waals surface area contributed by atoms with Crippen molar-refractivity contribution in [1.82, 2.24) is 4.90 Å². The van der Waals surface area contributed by atoms with Gasteiger partial charge in [0.05, 0.1) is 0 Å². The van der Waals surface area contributed by atoms with Crippen molar-refractivity contribution in [3.8, 4) is 0 Å². The fraction of sp³-hybridized carbons (Fsp3) is 0.429. The number of piperidine rings is 1. The number of nitrogens with zero attached hydrogens (tertiary/aromatic N) is 1. The lowest BCUT2D eigenvalue weighted by atomic mass is 9.96. The van der Waals surface area contributed by atoms with E-state index < -0.39 is 5.51 Å². The van der Waals surface area contributed by atoms with Gasteiger partial charge >= 0.3 is 11.5 Å². The summed E-state index contributed by atoms with van der Waals surface area (Å²) in [4.78, 5) is 24.8. The quantitative estimate of drug-likeness (QED) is 0.825. The Balaban J connectivity index is 1.87. The average molecular weight is 347 g/mol. The van der Waals surface area contributed by atoms with Gasteiger partial charge < -0.3 is 16.0 Å². The fourth-order valence-corrected chi connectivity index (χ4v) is 2.85. The molecule has 126 valence electrons. The number of amides is 3. The molecule has 1 aliphatic heterocycles. The molecule has 0 radical (unpaired) electrons. The SMILES string of the molecule is NC(=O)C1CCN(C(=O)Nc2ccc(SC(F)(F)F)cc2)CC1. The number of hydrogen-bond acceptors (Lipinski definition) is 3. The number of thioether (sulfide) groups is 1. The van der Waals surface area contributed by atoms with E-state index in [1.165, 1.54) is 24.3 Å². The lowest BCUT2D eigenvalue weighted by Gasteiger charge is -2.30. The standard InChI is InChI=1S/C14H16F3N3O2S/c15-14(16,17)23-11-3-1-10(2-4-11)19-13(22)20-7-5-9(6-8-20)12(18)21/h1-4,9H,5-8H2,(H2,18,21)(H,19,22). The predicted octanol–water partition coefficient (Wildman–Crippen LogP) is 3.03. The lowest BCUT2D eigenvalue weighted by Crippen LogP contribution is -2.43. The maximum Gasteiger partial charge on any atom is 0.446 e. The van der Waals surface area contributed by atoms with Crippen LogP contribution in [0.1, 0.15) is 12.8 Å². The zero-order valence-corrected chi connectivity index (χ0v) is 12.9. The normalized spacial score (nSPS) is 16.2. The van der Waals surface area contributed by atoms with Crippen LogP contribution in [0.25, 0.3) is 0 Å². The number of primary amides is 1. The number of urea groups is 1. The Labute approximate surface area is 135 Å². The number of carbonyl (C=O) groups excluding carboxylic acids is 2. The molecule has 1 aliphatic rings. The maximum atomic E-state index is 12.2. The van der Waals surface area contributed by atoms with Crippen LogP contribution in [0.15, 0.2) is 29.2 Å². The van der Waals surface area contributed by atoms with E-state index in [0.717, 1.165) is 0 Å². The second-order valence-electron chi connectivity index (χ2n) is 5.17. The first-order valence-electron chi connectivity index (χ1n) is 6.95. The van der Waals surface area contributed by atoms with E-state index in [1.807, 2.05) is 0 Å². The van der Waals surface area contributed by atoms with Gasteiger partial charge in [-0.25, -0.2) is 4.79 Å². The number of likely N-dealkylation sites (tertiary alicyclic amines) is 1. The van der Waals surface area contributed by atoms with Crippen LogP contribution >= 0.6 is 11.8 Å². The minimum Gasteiger partial charge on any atom is -0.369 e. The van der Waals surface area contributed by atoms with Crippen molar-refractivity contribution in [2.45, 2.75) is 23.2 Å². The summed E-state index contributed by atoms with van der Waals surface area (Å²) in [6, 6.07) is 5.09. The van der Waals surface area contributed by atoms with Crippen molar-refractivity contribution in [1.29, 1.82) is 0 Å². The zero-order chi connectivity index (χ0) is 17.0. The predicted molar refractivity (Wildman–Crippen MR) is 80.9 cm³/mol. The van der Waals surface area contributed by atoms with E-state index in [4.69, 9.17) is 5.73 Å². The van der Waals surface area contributed by atoms with E-state index in [2.05, 4.69) is 5.32 Å². The van der Waals surface area contributed by atoms with Gasteiger partial charge in [-0.15, -0.1) is 0 Å². The van der Waals surface area contributed by atoms with Gasteiger partial charge in [-0.05, 0) is 48.9 Å². The molecule has 3 N–H and O–H groups in total. The Bertz CT molecular complexity index is 570. The number of carbonyl (C=O) groups is 2. The molecule has 0 unspecified atom stereocenters. The van der Waals surface area contributed by atoms with Gasteiger partial charge in [0.2, 0.25) is 5.91 Å². The minimum atomic E-state index is -4.34. The molecule has 0 aliphatic carbocycles. The number of alkyl halides is 3. The van der Waals surface area contributed by atoms with E-state index in [9.17, 15) is 22.8 Å². The van der Waals surface area contributed by atoms with Crippen LogP contribution < -0.4 is 11.1 Å². The van der Waals surface area contributed by atoms with E-state index in [0.29, 0.717) is 31.6 Å². The number of nitrogens with one attached hydrogen (secondary N) is 1. The van der Waals surface area contributed by atoms with Crippen molar-refractivity contribution < 1.29 is 22.8 Å². The van der Waals surface area contributed by atoms with E-state index in [1.54, 1.807) is 4.90 Å². The highest BCUT2D eigenvalue weighted by molar-refractivity contribution is 8.00.